The van der Waals surface area contributed by atoms with Gasteiger partial charge in [0.1, 0.15) is 5.82 Å². The van der Waals surface area contributed by atoms with E-state index in [0.29, 0.717) is 36.9 Å². The lowest BCUT2D eigenvalue weighted by Gasteiger charge is -2.15. The first-order chi connectivity index (χ1) is 17.3. The summed E-state index contributed by atoms with van der Waals surface area (Å²) in [7, 11) is -3.50. The molecule has 0 aliphatic carbocycles. The van der Waals surface area contributed by atoms with Gasteiger partial charge in [0.2, 0.25) is 10.0 Å². The van der Waals surface area contributed by atoms with E-state index >= 15 is 0 Å². The number of amides is 1. The van der Waals surface area contributed by atoms with Crippen LogP contribution in [0.5, 0.6) is 0 Å². The third-order valence-corrected chi connectivity index (χ3v) is 8.73. The Morgan fingerprint density at radius 3 is 2.53 bits per heavy atom. The van der Waals surface area contributed by atoms with Crippen LogP contribution in [-0.2, 0) is 16.6 Å². The van der Waals surface area contributed by atoms with Crippen LogP contribution in [0.1, 0.15) is 50.4 Å². The van der Waals surface area contributed by atoms with Crippen molar-refractivity contribution < 1.29 is 13.2 Å². The zero-order chi connectivity index (χ0) is 25.7. The highest BCUT2D eigenvalue weighted by Gasteiger charge is 2.27. The number of benzene rings is 1. The Labute approximate surface area is 216 Å². The van der Waals surface area contributed by atoms with Crippen molar-refractivity contribution >= 4 is 44.5 Å². The number of nitrogens with one attached hydrogen (secondary N) is 2. The number of sulfonamides is 1. The molecule has 3 heterocycles. The second-order valence-corrected chi connectivity index (χ2v) is 12.0. The zero-order valence-corrected chi connectivity index (χ0v) is 22.5. The van der Waals surface area contributed by atoms with Crippen molar-refractivity contribution in [2.24, 2.45) is 0 Å². The SMILES string of the molecule is CCCSc1nc(NC(C)C)c2cnn(CCNC(=O)c3ccc(S(=O)(=O)N4CCCC4)cc3)c2n1. The molecule has 1 saturated heterocycles. The van der Waals surface area contributed by atoms with Crippen molar-refractivity contribution in [3.63, 3.8) is 0 Å². The Morgan fingerprint density at radius 2 is 1.86 bits per heavy atom. The third-order valence-electron chi connectivity index (χ3n) is 5.76. The Morgan fingerprint density at radius 1 is 1.14 bits per heavy atom. The van der Waals surface area contributed by atoms with Gasteiger partial charge in [0.15, 0.2) is 10.8 Å². The summed E-state index contributed by atoms with van der Waals surface area (Å²) in [6.07, 6.45) is 4.53. The first kappa shape index (κ1) is 26.4. The normalized spacial score (nSPS) is 14.6. The average Bonchev–Trinajstić information content (AvgIpc) is 3.54. The van der Waals surface area contributed by atoms with Crippen molar-refractivity contribution in [1.82, 2.24) is 29.4 Å². The molecule has 12 heteroatoms. The quantitative estimate of drug-likeness (QED) is 0.285. The Kier molecular flexibility index (Phi) is 8.47. The summed E-state index contributed by atoms with van der Waals surface area (Å²) in [6.45, 7) is 8.11. The number of rotatable bonds is 11. The minimum atomic E-state index is -3.50. The number of carbonyl (C=O) groups excluding carboxylic acids is 1. The fourth-order valence-corrected chi connectivity index (χ4v) is 6.18. The highest BCUT2D eigenvalue weighted by Crippen LogP contribution is 2.25. The van der Waals surface area contributed by atoms with E-state index in [2.05, 4.69) is 41.5 Å². The van der Waals surface area contributed by atoms with E-state index in [9.17, 15) is 13.2 Å². The maximum atomic E-state index is 12.7. The molecule has 1 aliphatic heterocycles. The van der Waals surface area contributed by atoms with E-state index in [0.717, 1.165) is 41.9 Å². The molecule has 0 bridgehead atoms. The van der Waals surface area contributed by atoms with Crippen LogP contribution >= 0.6 is 11.8 Å². The van der Waals surface area contributed by atoms with Gasteiger partial charge >= 0.3 is 0 Å². The molecule has 0 saturated carbocycles. The summed E-state index contributed by atoms with van der Waals surface area (Å²) in [4.78, 5) is 22.2. The standard InChI is InChI=1S/C24H33N7O3S2/c1-4-15-35-24-28-21(27-17(2)3)20-16-26-31(22(20)29-24)14-11-25-23(32)18-7-9-19(10-8-18)36(33,34)30-12-5-6-13-30/h7-10,16-17H,4-6,11-15H2,1-3H3,(H,25,32)(H,27,28,29). The molecular weight excluding hydrogens is 498 g/mol. The molecule has 0 atom stereocenters. The molecule has 4 rings (SSSR count). The van der Waals surface area contributed by atoms with Gasteiger partial charge in [0, 0.05) is 37.0 Å². The highest BCUT2D eigenvalue weighted by atomic mass is 32.2. The Bertz CT molecular complexity index is 1300. The molecule has 194 valence electrons. The van der Waals surface area contributed by atoms with Crippen LogP contribution in [-0.4, -0.2) is 69.8 Å². The number of nitrogens with zero attached hydrogens (tertiary/aromatic N) is 5. The largest absolute Gasteiger partial charge is 0.367 e. The highest BCUT2D eigenvalue weighted by molar-refractivity contribution is 7.99. The van der Waals surface area contributed by atoms with Crippen molar-refractivity contribution in [2.75, 3.05) is 30.7 Å². The number of hydrogen-bond acceptors (Lipinski definition) is 8. The van der Waals surface area contributed by atoms with E-state index in [1.807, 2.05) is 0 Å². The number of hydrogen-bond donors (Lipinski definition) is 2. The number of carbonyl (C=O) groups is 1. The number of thioether (sulfide) groups is 1. The molecule has 1 aromatic carbocycles. The van der Waals surface area contributed by atoms with Gasteiger partial charge in [-0.3, -0.25) is 4.79 Å². The van der Waals surface area contributed by atoms with Crippen molar-refractivity contribution in [3.05, 3.63) is 36.0 Å². The van der Waals surface area contributed by atoms with Gasteiger partial charge in [0.05, 0.1) is 23.0 Å². The molecule has 1 fully saturated rings. The number of fused-ring (bicyclic) bond motifs is 1. The molecule has 0 unspecified atom stereocenters. The molecule has 3 aromatic rings. The summed E-state index contributed by atoms with van der Waals surface area (Å²) in [5.74, 6) is 1.41. The van der Waals surface area contributed by atoms with Crippen LogP contribution in [0.15, 0.2) is 40.5 Å². The summed E-state index contributed by atoms with van der Waals surface area (Å²) < 4.78 is 28.6. The van der Waals surface area contributed by atoms with Crippen LogP contribution in [0, 0.1) is 0 Å². The number of anilines is 1. The van der Waals surface area contributed by atoms with Crippen LogP contribution in [0.2, 0.25) is 0 Å². The minimum absolute atomic E-state index is 0.214. The molecule has 2 N–H and O–H groups in total. The second-order valence-electron chi connectivity index (χ2n) is 9.00. The molecule has 1 amide bonds. The Hall–Kier alpha value is -2.70. The fourth-order valence-electron chi connectivity index (χ4n) is 3.97. The minimum Gasteiger partial charge on any atom is -0.367 e. The van der Waals surface area contributed by atoms with E-state index in [-0.39, 0.29) is 16.8 Å². The fraction of sp³-hybridized carbons (Fsp3) is 0.500. The monoisotopic (exact) mass is 531 g/mol. The first-order valence-electron chi connectivity index (χ1n) is 12.3. The summed E-state index contributed by atoms with van der Waals surface area (Å²) in [5.41, 5.74) is 1.13. The van der Waals surface area contributed by atoms with Gasteiger partial charge in [-0.15, -0.1) is 0 Å². The molecule has 0 radical (unpaired) electrons. The van der Waals surface area contributed by atoms with E-state index < -0.39 is 10.0 Å². The van der Waals surface area contributed by atoms with Gasteiger partial charge in [-0.25, -0.2) is 23.1 Å². The molecule has 0 spiro atoms. The predicted octanol–water partition coefficient (Wildman–Crippen LogP) is 3.36. The van der Waals surface area contributed by atoms with Gasteiger partial charge in [0.25, 0.3) is 5.91 Å². The second kappa shape index (κ2) is 11.6. The van der Waals surface area contributed by atoms with E-state index in [1.54, 1.807) is 34.8 Å². The maximum absolute atomic E-state index is 12.7. The zero-order valence-electron chi connectivity index (χ0n) is 20.9. The number of aromatic nitrogens is 4. The van der Waals surface area contributed by atoms with Gasteiger partial charge in [-0.1, -0.05) is 18.7 Å². The van der Waals surface area contributed by atoms with Gasteiger partial charge in [-0.2, -0.15) is 9.40 Å². The van der Waals surface area contributed by atoms with Crippen molar-refractivity contribution in [1.29, 1.82) is 0 Å². The lowest BCUT2D eigenvalue weighted by molar-refractivity contribution is 0.0952. The molecule has 1 aliphatic rings. The lowest BCUT2D eigenvalue weighted by atomic mass is 10.2. The van der Waals surface area contributed by atoms with Gasteiger partial charge < -0.3 is 10.6 Å². The average molecular weight is 532 g/mol. The van der Waals surface area contributed by atoms with E-state index in [4.69, 9.17) is 4.98 Å². The van der Waals surface area contributed by atoms with Crippen LogP contribution in [0.3, 0.4) is 0 Å². The topological polar surface area (TPSA) is 122 Å². The lowest BCUT2D eigenvalue weighted by Crippen LogP contribution is -2.29. The van der Waals surface area contributed by atoms with Crippen molar-refractivity contribution in [2.45, 2.75) is 62.7 Å². The first-order valence-corrected chi connectivity index (χ1v) is 14.7. The van der Waals surface area contributed by atoms with Crippen LogP contribution in [0.25, 0.3) is 11.0 Å². The summed E-state index contributed by atoms with van der Waals surface area (Å²) >= 11 is 1.61. The molecule has 36 heavy (non-hydrogen) atoms. The van der Waals surface area contributed by atoms with Crippen molar-refractivity contribution in [3.8, 4) is 0 Å². The summed E-state index contributed by atoms with van der Waals surface area (Å²) in [5, 5.41) is 12.3. The molecular formula is C24H33N7O3S2. The molecule has 2 aromatic heterocycles. The molecule has 10 nitrogen and oxygen atoms in total. The smallest absolute Gasteiger partial charge is 0.251 e. The van der Waals surface area contributed by atoms with E-state index in [1.165, 1.54) is 16.4 Å². The van der Waals surface area contributed by atoms with Crippen LogP contribution < -0.4 is 10.6 Å². The van der Waals surface area contributed by atoms with Crippen LogP contribution in [0.4, 0.5) is 5.82 Å². The third kappa shape index (κ3) is 5.98. The van der Waals surface area contributed by atoms with Gasteiger partial charge in [-0.05, 0) is 57.4 Å². The Balaban J connectivity index is 1.42. The summed E-state index contributed by atoms with van der Waals surface area (Å²) in [6, 6.07) is 6.32. The predicted molar refractivity (Wildman–Crippen MR) is 142 cm³/mol. The maximum Gasteiger partial charge on any atom is 0.251 e.